The summed E-state index contributed by atoms with van der Waals surface area (Å²) in [5, 5.41) is 2.30. The second-order valence-electron chi connectivity index (χ2n) is 4.16. The van der Waals surface area contributed by atoms with Crippen molar-refractivity contribution in [1.82, 2.24) is 15.3 Å². The van der Waals surface area contributed by atoms with E-state index < -0.39 is 0 Å². The molecule has 5 heteroatoms. The Bertz CT molecular complexity index is 161. The molecule has 0 aliphatic carbocycles. The van der Waals surface area contributed by atoms with Gasteiger partial charge in [0.15, 0.2) is 0 Å². The van der Waals surface area contributed by atoms with Crippen molar-refractivity contribution in [3.05, 3.63) is 0 Å². The van der Waals surface area contributed by atoms with Gasteiger partial charge in [-0.3, -0.25) is 5.43 Å². The van der Waals surface area contributed by atoms with Crippen LogP contribution in [0, 0.1) is 0 Å². The smallest absolute Gasteiger partial charge is 0.0700 e. The minimum Gasteiger partial charge on any atom is -0.382 e. The van der Waals surface area contributed by atoms with E-state index in [0.717, 1.165) is 45.8 Å². The van der Waals surface area contributed by atoms with E-state index in [9.17, 15) is 0 Å². The van der Waals surface area contributed by atoms with Crippen molar-refractivity contribution in [1.29, 1.82) is 0 Å². The molecule has 1 fully saturated rings. The first-order chi connectivity index (χ1) is 7.83. The molecule has 0 bridgehead atoms. The van der Waals surface area contributed by atoms with Crippen molar-refractivity contribution in [3.63, 3.8) is 0 Å². The van der Waals surface area contributed by atoms with Gasteiger partial charge in [0, 0.05) is 46.4 Å². The zero-order chi connectivity index (χ0) is 11.6. The molecule has 0 unspecified atom stereocenters. The number of piperazine rings is 1. The van der Waals surface area contributed by atoms with Crippen LogP contribution in [0.4, 0.5) is 0 Å². The van der Waals surface area contributed by atoms with Gasteiger partial charge < -0.3 is 14.4 Å². The number of methoxy groups -OCH3 is 1. The molecule has 0 saturated carbocycles. The lowest BCUT2D eigenvalue weighted by molar-refractivity contribution is 0.0623. The predicted octanol–water partition coefficient (Wildman–Crippen LogP) is -0.208. The Kier molecular flexibility index (Phi) is 7.71. The van der Waals surface area contributed by atoms with Crippen LogP contribution in [0.25, 0.3) is 0 Å². The van der Waals surface area contributed by atoms with Gasteiger partial charge in [0.1, 0.15) is 0 Å². The molecule has 0 aromatic heterocycles. The molecule has 1 N–H and O–H groups in total. The Morgan fingerprint density at radius 3 is 2.50 bits per heavy atom. The molecule has 0 aromatic rings. The molecule has 5 nitrogen and oxygen atoms in total. The molecule has 96 valence electrons. The Labute approximate surface area is 98.6 Å². The number of hydrazine groups is 1. The lowest BCUT2D eigenvalue weighted by atomic mass is 10.4. The molecule has 0 amide bonds. The van der Waals surface area contributed by atoms with Gasteiger partial charge in [-0.25, -0.2) is 5.01 Å². The van der Waals surface area contributed by atoms with E-state index in [1.165, 1.54) is 0 Å². The number of hydrogen-bond donors (Lipinski definition) is 1. The van der Waals surface area contributed by atoms with E-state index in [1.807, 2.05) is 0 Å². The zero-order valence-corrected chi connectivity index (χ0v) is 10.6. The van der Waals surface area contributed by atoms with E-state index in [0.29, 0.717) is 13.2 Å². The van der Waals surface area contributed by atoms with E-state index in [-0.39, 0.29) is 0 Å². The summed E-state index contributed by atoms with van der Waals surface area (Å²) in [6.07, 6.45) is 1.05. The van der Waals surface area contributed by atoms with Crippen molar-refractivity contribution in [2.24, 2.45) is 0 Å². The monoisotopic (exact) mass is 231 g/mol. The first-order valence-electron chi connectivity index (χ1n) is 6.06. The van der Waals surface area contributed by atoms with E-state index in [1.54, 1.807) is 7.11 Å². The summed E-state index contributed by atoms with van der Waals surface area (Å²) in [6.45, 7) is 7.72. The summed E-state index contributed by atoms with van der Waals surface area (Å²) >= 11 is 0. The fraction of sp³-hybridized carbons (Fsp3) is 1.00. The lowest BCUT2D eigenvalue weighted by Crippen LogP contribution is -2.51. The van der Waals surface area contributed by atoms with Crippen LogP contribution in [0.5, 0.6) is 0 Å². The van der Waals surface area contributed by atoms with Crippen molar-refractivity contribution in [3.8, 4) is 0 Å². The van der Waals surface area contributed by atoms with Gasteiger partial charge in [-0.15, -0.1) is 0 Å². The normalized spacial score (nSPS) is 19.1. The van der Waals surface area contributed by atoms with E-state index in [4.69, 9.17) is 9.47 Å². The fourth-order valence-corrected chi connectivity index (χ4v) is 1.62. The van der Waals surface area contributed by atoms with Crippen LogP contribution in [-0.4, -0.2) is 76.6 Å². The SMILES string of the molecule is COCCOCCCNN1CCN(C)CC1. The molecule has 16 heavy (non-hydrogen) atoms. The second kappa shape index (κ2) is 8.90. The summed E-state index contributed by atoms with van der Waals surface area (Å²) in [5.41, 5.74) is 3.43. The molecule has 1 aliphatic heterocycles. The van der Waals surface area contributed by atoms with Crippen LogP contribution >= 0.6 is 0 Å². The maximum atomic E-state index is 5.39. The molecule has 0 spiro atoms. The quantitative estimate of drug-likeness (QED) is 0.585. The summed E-state index contributed by atoms with van der Waals surface area (Å²) in [5.74, 6) is 0. The molecule has 1 heterocycles. The molecule has 0 aromatic carbocycles. The fourth-order valence-electron chi connectivity index (χ4n) is 1.62. The maximum absolute atomic E-state index is 5.39. The van der Waals surface area contributed by atoms with Gasteiger partial charge in [-0.2, -0.15) is 0 Å². The lowest BCUT2D eigenvalue weighted by Gasteiger charge is -2.32. The van der Waals surface area contributed by atoms with Crippen LogP contribution < -0.4 is 5.43 Å². The number of nitrogens with one attached hydrogen (secondary N) is 1. The second-order valence-corrected chi connectivity index (χ2v) is 4.16. The van der Waals surface area contributed by atoms with Crippen molar-refractivity contribution in [2.75, 3.05) is 66.7 Å². The number of likely N-dealkylation sites (N-methyl/N-ethyl adjacent to an activating group) is 1. The van der Waals surface area contributed by atoms with E-state index >= 15 is 0 Å². The summed E-state index contributed by atoms with van der Waals surface area (Å²) < 4.78 is 10.3. The first kappa shape index (κ1) is 13.9. The Balaban J connectivity index is 1.84. The predicted molar refractivity (Wildman–Crippen MR) is 64.4 cm³/mol. The molecule has 0 radical (unpaired) electrons. The Morgan fingerprint density at radius 2 is 1.81 bits per heavy atom. The minimum absolute atomic E-state index is 0.686. The van der Waals surface area contributed by atoms with Crippen LogP contribution in [0.1, 0.15) is 6.42 Å². The third-order valence-electron chi connectivity index (χ3n) is 2.74. The Morgan fingerprint density at radius 1 is 1.06 bits per heavy atom. The maximum Gasteiger partial charge on any atom is 0.0700 e. The highest BCUT2D eigenvalue weighted by atomic mass is 16.5. The van der Waals surface area contributed by atoms with Crippen molar-refractivity contribution >= 4 is 0 Å². The average Bonchev–Trinajstić information content (AvgIpc) is 2.30. The Hall–Kier alpha value is -0.200. The van der Waals surface area contributed by atoms with Gasteiger partial charge in [-0.1, -0.05) is 0 Å². The molecule has 1 rings (SSSR count). The van der Waals surface area contributed by atoms with Gasteiger partial charge in [0.25, 0.3) is 0 Å². The number of hydrogen-bond acceptors (Lipinski definition) is 5. The average molecular weight is 231 g/mol. The van der Waals surface area contributed by atoms with Gasteiger partial charge in [-0.05, 0) is 13.5 Å². The zero-order valence-electron chi connectivity index (χ0n) is 10.6. The number of ether oxygens (including phenoxy) is 2. The highest BCUT2D eigenvalue weighted by Gasteiger charge is 2.12. The highest BCUT2D eigenvalue weighted by molar-refractivity contribution is 4.65. The standard InChI is InChI=1S/C11H25N3O2/c1-13-5-7-14(8-6-13)12-4-3-9-16-11-10-15-2/h12H,3-11H2,1-2H3. The number of rotatable bonds is 8. The molecular weight excluding hydrogens is 206 g/mol. The molecule has 1 aliphatic rings. The largest absolute Gasteiger partial charge is 0.382 e. The third-order valence-corrected chi connectivity index (χ3v) is 2.74. The van der Waals surface area contributed by atoms with Crippen LogP contribution in [0.2, 0.25) is 0 Å². The number of nitrogens with zero attached hydrogens (tertiary/aromatic N) is 2. The van der Waals surface area contributed by atoms with Crippen LogP contribution in [0.15, 0.2) is 0 Å². The van der Waals surface area contributed by atoms with Gasteiger partial charge >= 0.3 is 0 Å². The van der Waals surface area contributed by atoms with Crippen molar-refractivity contribution in [2.45, 2.75) is 6.42 Å². The summed E-state index contributed by atoms with van der Waals surface area (Å²) in [4.78, 5) is 2.35. The summed E-state index contributed by atoms with van der Waals surface area (Å²) in [6, 6.07) is 0. The van der Waals surface area contributed by atoms with Crippen LogP contribution in [0.3, 0.4) is 0 Å². The van der Waals surface area contributed by atoms with Crippen LogP contribution in [-0.2, 0) is 9.47 Å². The minimum atomic E-state index is 0.686. The molecular formula is C11H25N3O2. The molecule has 0 atom stereocenters. The van der Waals surface area contributed by atoms with E-state index in [2.05, 4.69) is 22.4 Å². The van der Waals surface area contributed by atoms with Gasteiger partial charge in [0.05, 0.1) is 13.2 Å². The third kappa shape index (κ3) is 6.40. The highest BCUT2D eigenvalue weighted by Crippen LogP contribution is 1.95. The molecule has 1 saturated heterocycles. The first-order valence-corrected chi connectivity index (χ1v) is 6.06. The topological polar surface area (TPSA) is 37.0 Å². The van der Waals surface area contributed by atoms with Crippen molar-refractivity contribution < 1.29 is 9.47 Å². The van der Waals surface area contributed by atoms with Gasteiger partial charge in [0.2, 0.25) is 0 Å². The summed E-state index contributed by atoms with van der Waals surface area (Å²) in [7, 11) is 3.86.